The molecule has 1 N–H and O–H groups in total. The Balaban J connectivity index is 1.42. The van der Waals surface area contributed by atoms with Crippen molar-refractivity contribution in [2.75, 3.05) is 51.8 Å². The average molecular weight is 369 g/mol. The minimum atomic E-state index is 0.0516. The van der Waals surface area contributed by atoms with Gasteiger partial charge in [-0.25, -0.2) is 0 Å². The van der Waals surface area contributed by atoms with E-state index in [1.807, 2.05) is 36.4 Å². The largest absolute Gasteiger partial charge is 0.497 e. The third-order valence-electron chi connectivity index (χ3n) is 4.80. The van der Waals surface area contributed by atoms with Crippen LogP contribution in [0, 0.1) is 0 Å². The van der Waals surface area contributed by atoms with Crippen molar-refractivity contribution in [3.05, 3.63) is 54.1 Å². The highest BCUT2D eigenvalue weighted by Crippen LogP contribution is 2.20. The second-order valence-corrected chi connectivity index (χ2v) is 6.59. The third-order valence-corrected chi connectivity index (χ3v) is 4.80. The fourth-order valence-corrected chi connectivity index (χ4v) is 3.20. The summed E-state index contributed by atoms with van der Waals surface area (Å²) >= 11 is 0. The number of carbonyl (C=O) groups is 1. The molecule has 1 saturated heterocycles. The van der Waals surface area contributed by atoms with Gasteiger partial charge in [0.25, 0.3) is 0 Å². The van der Waals surface area contributed by atoms with Crippen LogP contribution in [-0.4, -0.2) is 57.8 Å². The van der Waals surface area contributed by atoms with E-state index in [0.29, 0.717) is 13.1 Å². The van der Waals surface area contributed by atoms with E-state index >= 15 is 0 Å². The molecule has 2 aromatic carbocycles. The van der Waals surface area contributed by atoms with E-state index < -0.39 is 0 Å². The van der Waals surface area contributed by atoms with E-state index in [9.17, 15) is 4.79 Å². The molecule has 0 unspecified atom stereocenters. The predicted octanol–water partition coefficient (Wildman–Crippen LogP) is 2.14. The van der Waals surface area contributed by atoms with Gasteiger partial charge in [0.1, 0.15) is 11.5 Å². The lowest BCUT2D eigenvalue weighted by molar-refractivity contribution is -0.122. The van der Waals surface area contributed by atoms with Crippen molar-refractivity contribution in [2.24, 2.45) is 0 Å². The number of amides is 1. The van der Waals surface area contributed by atoms with Crippen LogP contribution in [0.5, 0.6) is 11.5 Å². The van der Waals surface area contributed by atoms with Gasteiger partial charge in [0.05, 0.1) is 20.8 Å². The number of hydrogen-bond acceptors (Lipinski definition) is 5. The number of benzene rings is 2. The van der Waals surface area contributed by atoms with Gasteiger partial charge in [-0.2, -0.15) is 0 Å². The molecule has 3 rings (SSSR count). The van der Waals surface area contributed by atoms with Crippen molar-refractivity contribution >= 4 is 11.6 Å². The number of rotatable bonds is 7. The molecule has 0 spiro atoms. The lowest BCUT2D eigenvalue weighted by atomic mass is 10.2. The summed E-state index contributed by atoms with van der Waals surface area (Å²) in [6, 6.07) is 15.9. The number of carbonyl (C=O) groups excluding carboxylic acids is 1. The Hall–Kier alpha value is -2.73. The Morgan fingerprint density at radius 1 is 0.963 bits per heavy atom. The van der Waals surface area contributed by atoms with E-state index in [1.165, 1.54) is 5.69 Å². The fourth-order valence-electron chi connectivity index (χ4n) is 3.20. The SMILES string of the molecule is COc1ccc(N2CCN(CC(=O)NCc3cccc(OC)c3)CC2)cc1. The van der Waals surface area contributed by atoms with Crippen LogP contribution in [0.15, 0.2) is 48.5 Å². The first-order chi connectivity index (χ1) is 13.2. The Morgan fingerprint density at radius 2 is 1.67 bits per heavy atom. The quantitative estimate of drug-likeness (QED) is 0.810. The molecule has 6 heteroatoms. The maximum absolute atomic E-state index is 12.2. The monoisotopic (exact) mass is 369 g/mol. The molecule has 2 aromatic rings. The molecule has 27 heavy (non-hydrogen) atoms. The average Bonchev–Trinajstić information content (AvgIpc) is 2.73. The Labute approximate surface area is 160 Å². The number of nitrogens with one attached hydrogen (secondary N) is 1. The van der Waals surface area contributed by atoms with E-state index in [0.717, 1.165) is 43.2 Å². The maximum atomic E-state index is 12.2. The first-order valence-corrected chi connectivity index (χ1v) is 9.19. The second kappa shape index (κ2) is 9.28. The van der Waals surface area contributed by atoms with Crippen LogP contribution < -0.4 is 19.7 Å². The molecule has 0 atom stereocenters. The first-order valence-electron chi connectivity index (χ1n) is 9.19. The third kappa shape index (κ3) is 5.37. The Kier molecular flexibility index (Phi) is 6.54. The van der Waals surface area contributed by atoms with Gasteiger partial charge < -0.3 is 19.7 Å². The van der Waals surface area contributed by atoms with Gasteiger partial charge in [-0.3, -0.25) is 9.69 Å². The molecule has 1 amide bonds. The van der Waals surface area contributed by atoms with Crippen molar-refractivity contribution in [3.63, 3.8) is 0 Å². The minimum absolute atomic E-state index is 0.0516. The predicted molar refractivity (Wildman–Crippen MR) is 106 cm³/mol. The number of anilines is 1. The minimum Gasteiger partial charge on any atom is -0.497 e. The summed E-state index contributed by atoms with van der Waals surface area (Å²) < 4.78 is 10.4. The number of piperazine rings is 1. The second-order valence-electron chi connectivity index (χ2n) is 6.59. The van der Waals surface area contributed by atoms with Crippen LogP contribution in [0.3, 0.4) is 0 Å². The summed E-state index contributed by atoms with van der Waals surface area (Å²) in [5, 5.41) is 2.99. The molecule has 144 valence electrons. The summed E-state index contributed by atoms with van der Waals surface area (Å²) in [5.41, 5.74) is 2.23. The van der Waals surface area contributed by atoms with Gasteiger partial charge >= 0.3 is 0 Å². The molecule has 1 fully saturated rings. The molecular weight excluding hydrogens is 342 g/mol. The normalized spacial score (nSPS) is 14.7. The summed E-state index contributed by atoms with van der Waals surface area (Å²) in [6.45, 7) is 4.52. The van der Waals surface area contributed by atoms with E-state index in [-0.39, 0.29) is 5.91 Å². The van der Waals surface area contributed by atoms with Crippen molar-refractivity contribution in [2.45, 2.75) is 6.54 Å². The van der Waals surface area contributed by atoms with Gasteiger partial charge in [0.2, 0.25) is 5.91 Å². The van der Waals surface area contributed by atoms with Gasteiger partial charge in [0.15, 0.2) is 0 Å². The number of ether oxygens (including phenoxy) is 2. The molecule has 0 saturated carbocycles. The smallest absolute Gasteiger partial charge is 0.234 e. The standard InChI is InChI=1S/C21H27N3O3/c1-26-19-8-6-18(7-9-19)24-12-10-23(11-13-24)16-21(25)22-15-17-4-3-5-20(14-17)27-2/h3-9,14H,10-13,15-16H2,1-2H3,(H,22,25). The van der Waals surface area contributed by atoms with E-state index in [4.69, 9.17) is 9.47 Å². The number of methoxy groups -OCH3 is 2. The van der Waals surface area contributed by atoms with Gasteiger partial charge in [0, 0.05) is 38.4 Å². The first kappa shape index (κ1) is 19.0. The molecule has 0 aliphatic carbocycles. The number of nitrogens with zero attached hydrogens (tertiary/aromatic N) is 2. The van der Waals surface area contributed by atoms with Gasteiger partial charge in [-0.05, 0) is 42.0 Å². The molecule has 1 aliphatic rings. The Bertz CT molecular complexity index is 741. The van der Waals surface area contributed by atoms with E-state index in [1.54, 1.807) is 14.2 Å². The summed E-state index contributed by atoms with van der Waals surface area (Å²) in [5.74, 6) is 1.72. The van der Waals surface area contributed by atoms with Crippen molar-refractivity contribution in [1.82, 2.24) is 10.2 Å². The van der Waals surface area contributed by atoms with Crippen molar-refractivity contribution in [3.8, 4) is 11.5 Å². The van der Waals surface area contributed by atoms with Crippen LogP contribution in [0.2, 0.25) is 0 Å². The van der Waals surface area contributed by atoms with Crippen LogP contribution in [0.25, 0.3) is 0 Å². The highest BCUT2D eigenvalue weighted by molar-refractivity contribution is 5.78. The lowest BCUT2D eigenvalue weighted by Gasteiger charge is -2.35. The lowest BCUT2D eigenvalue weighted by Crippen LogP contribution is -2.49. The van der Waals surface area contributed by atoms with Crippen LogP contribution in [0.4, 0.5) is 5.69 Å². The summed E-state index contributed by atoms with van der Waals surface area (Å²) in [4.78, 5) is 16.8. The van der Waals surface area contributed by atoms with Gasteiger partial charge in [-0.1, -0.05) is 12.1 Å². The van der Waals surface area contributed by atoms with Crippen molar-refractivity contribution < 1.29 is 14.3 Å². The zero-order valence-corrected chi connectivity index (χ0v) is 16.0. The number of hydrogen-bond donors (Lipinski definition) is 1. The van der Waals surface area contributed by atoms with Crippen LogP contribution in [0.1, 0.15) is 5.56 Å². The molecule has 1 aliphatic heterocycles. The highest BCUT2D eigenvalue weighted by Gasteiger charge is 2.19. The molecule has 6 nitrogen and oxygen atoms in total. The Morgan fingerprint density at radius 3 is 2.33 bits per heavy atom. The summed E-state index contributed by atoms with van der Waals surface area (Å²) in [7, 11) is 3.32. The summed E-state index contributed by atoms with van der Waals surface area (Å²) in [6.07, 6.45) is 0. The fraction of sp³-hybridized carbons (Fsp3) is 0.381. The van der Waals surface area contributed by atoms with Crippen LogP contribution >= 0.6 is 0 Å². The topological polar surface area (TPSA) is 54.0 Å². The van der Waals surface area contributed by atoms with Crippen LogP contribution in [-0.2, 0) is 11.3 Å². The molecule has 1 heterocycles. The molecular formula is C21H27N3O3. The molecule has 0 bridgehead atoms. The van der Waals surface area contributed by atoms with Gasteiger partial charge in [-0.15, -0.1) is 0 Å². The maximum Gasteiger partial charge on any atom is 0.234 e. The highest BCUT2D eigenvalue weighted by atomic mass is 16.5. The molecule has 0 radical (unpaired) electrons. The zero-order valence-electron chi connectivity index (χ0n) is 16.0. The zero-order chi connectivity index (χ0) is 19.1. The van der Waals surface area contributed by atoms with Crippen molar-refractivity contribution in [1.29, 1.82) is 0 Å². The van der Waals surface area contributed by atoms with E-state index in [2.05, 4.69) is 27.2 Å². The molecule has 0 aromatic heterocycles.